The van der Waals surface area contributed by atoms with Gasteiger partial charge < -0.3 is 16.4 Å². The number of benzene rings is 1. The summed E-state index contributed by atoms with van der Waals surface area (Å²) in [4.78, 5) is 2.13. The van der Waals surface area contributed by atoms with Crippen molar-refractivity contribution in [3.8, 4) is 0 Å². The molecule has 1 aromatic carbocycles. The van der Waals surface area contributed by atoms with Gasteiger partial charge in [0.1, 0.15) is 0 Å². The van der Waals surface area contributed by atoms with Gasteiger partial charge in [0.15, 0.2) is 0 Å². The van der Waals surface area contributed by atoms with Crippen LogP contribution in [-0.2, 0) is 0 Å². The van der Waals surface area contributed by atoms with Crippen LogP contribution in [0.1, 0.15) is 53.4 Å². The minimum Gasteiger partial charge on any atom is -0.399 e. The van der Waals surface area contributed by atoms with E-state index < -0.39 is 0 Å². The van der Waals surface area contributed by atoms with Gasteiger partial charge in [0.2, 0.25) is 0 Å². The molecular weight excluding hydrogens is 306 g/mol. The molecule has 4 N–H and O–H groups in total. The number of allylic oxidation sites excluding steroid dienone is 5. The summed E-state index contributed by atoms with van der Waals surface area (Å²) in [5, 5.41) is 0. The fraction of sp³-hybridized carbons (Fsp3) is 0.455. The molecule has 0 saturated heterocycles. The van der Waals surface area contributed by atoms with E-state index in [1.807, 2.05) is 25.2 Å². The van der Waals surface area contributed by atoms with Gasteiger partial charge in [-0.25, -0.2) is 0 Å². The molecule has 0 atom stereocenters. The van der Waals surface area contributed by atoms with Crippen LogP contribution in [-0.4, -0.2) is 13.6 Å². The van der Waals surface area contributed by atoms with Gasteiger partial charge in [0.25, 0.3) is 0 Å². The third-order valence-electron chi connectivity index (χ3n) is 4.30. The highest BCUT2D eigenvalue weighted by molar-refractivity contribution is 5.72. The van der Waals surface area contributed by atoms with Crippen LogP contribution in [0.2, 0.25) is 0 Å². The number of anilines is 3. The van der Waals surface area contributed by atoms with Crippen molar-refractivity contribution >= 4 is 17.1 Å². The summed E-state index contributed by atoms with van der Waals surface area (Å²) in [6.45, 7) is 9.57. The Bertz CT molecular complexity index is 635. The summed E-state index contributed by atoms with van der Waals surface area (Å²) in [5.41, 5.74) is 18.7. The van der Waals surface area contributed by atoms with Crippen molar-refractivity contribution in [2.75, 3.05) is 30.0 Å². The molecule has 138 valence electrons. The molecule has 0 fully saturated rings. The van der Waals surface area contributed by atoms with E-state index in [1.165, 1.54) is 16.7 Å². The van der Waals surface area contributed by atoms with Crippen molar-refractivity contribution < 1.29 is 0 Å². The zero-order valence-electron chi connectivity index (χ0n) is 16.6. The van der Waals surface area contributed by atoms with Crippen LogP contribution in [0.3, 0.4) is 0 Å². The lowest BCUT2D eigenvalue weighted by molar-refractivity contribution is 0.910. The van der Waals surface area contributed by atoms with E-state index in [0.717, 1.165) is 49.3 Å². The Labute approximate surface area is 154 Å². The van der Waals surface area contributed by atoms with Gasteiger partial charge in [-0.05, 0) is 71.6 Å². The van der Waals surface area contributed by atoms with Gasteiger partial charge in [-0.15, -0.1) is 0 Å². The minimum atomic E-state index is 0.741. The molecule has 3 nitrogen and oxygen atoms in total. The van der Waals surface area contributed by atoms with Gasteiger partial charge in [-0.1, -0.05) is 34.9 Å². The fourth-order valence-electron chi connectivity index (χ4n) is 2.62. The van der Waals surface area contributed by atoms with Gasteiger partial charge in [0, 0.05) is 19.3 Å². The molecule has 0 spiro atoms. The highest BCUT2D eigenvalue weighted by Gasteiger charge is 2.04. The first-order valence-electron chi connectivity index (χ1n) is 9.10. The Morgan fingerprint density at radius 2 is 1.52 bits per heavy atom. The van der Waals surface area contributed by atoms with Crippen molar-refractivity contribution in [3.05, 3.63) is 53.1 Å². The summed E-state index contributed by atoms with van der Waals surface area (Å²) < 4.78 is 0. The maximum absolute atomic E-state index is 6.04. The number of hydrogen-bond donors (Lipinski definition) is 2. The van der Waals surface area contributed by atoms with Crippen LogP contribution in [0.4, 0.5) is 17.1 Å². The second-order valence-corrected chi connectivity index (χ2v) is 7.16. The predicted molar refractivity (Wildman–Crippen MR) is 114 cm³/mol. The van der Waals surface area contributed by atoms with Crippen molar-refractivity contribution in [1.82, 2.24) is 0 Å². The maximum atomic E-state index is 6.04. The van der Waals surface area contributed by atoms with Gasteiger partial charge in [0.05, 0.1) is 11.4 Å². The van der Waals surface area contributed by atoms with Crippen LogP contribution >= 0.6 is 0 Å². The molecule has 25 heavy (non-hydrogen) atoms. The SMILES string of the molecule is CC(C)=CCC/C(C)=C/CC/C(C)=C/CN(C)c1cc(N)ccc1N. The van der Waals surface area contributed by atoms with Crippen LogP contribution in [0.15, 0.2) is 53.1 Å². The van der Waals surface area contributed by atoms with Crippen LogP contribution in [0.5, 0.6) is 0 Å². The summed E-state index contributed by atoms with van der Waals surface area (Å²) in [7, 11) is 2.04. The highest BCUT2D eigenvalue weighted by Crippen LogP contribution is 2.24. The van der Waals surface area contributed by atoms with Crippen LogP contribution in [0, 0.1) is 0 Å². The molecule has 0 heterocycles. The zero-order chi connectivity index (χ0) is 18.8. The Morgan fingerprint density at radius 3 is 2.16 bits per heavy atom. The molecule has 0 bridgehead atoms. The predicted octanol–water partition coefficient (Wildman–Crippen LogP) is 5.71. The van der Waals surface area contributed by atoms with Crippen LogP contribution < -0.4 is 16.4 Å². The summed E-state index contributed by atoms with van der Waals surface area (Å²) >= 11 is 0. The molecule has 0 saturated carbocycles. The monoisotopic (exact) mass is 341 g/mol. The Hall–Kier alpha value is -2.16. The number of nitrogens with two attached hydrogens (primary N) is 2. The summed E-state index contributed by atoms with van der Waals surface area (Å²) in [6.07, 6.45) is 11.5. The van der Waals surface area contributed by atoms with Gasteiger partial charge in [-0.3, -0.25) is 0 Å². The first-order chi connectivity index (χ1) is 11.8. The molecule has 1 rings (SSSR count). The van der Waals surface area contributed by atoms with Crippen molar-refractivity contribution in [2.45, 2.75) is 53.4 Å². The van der Waals surface area contributed by atoms with Crippen LogP contribution in [0.25, 0.3) is 0 Å². The Morgan fingerprint density at radius 1 is 0.920 bits per heavy atom. The zero-order valence-corrected chi connectivity index (χ0v) is 16.6. The van der Waals surface area contributed by atoms with Crippen molar-refractivity contribution in [3.63, 3.8) is 0 Å². The lowest BCUT2D eigenvalue weighted by atomic mass is 10.1. The number of nitrogen functional groups attached to an aromatic ring is 2. The number of rotatable bonds is 9. The molecule has 3 heteroatoms. The van der Waals surface area contributed by atoms with E-state index in [-0.39, 0.29) is 0 Å². The molecule has 0 unspecified atom stereocenters. The number of likely N-dealkylation sites (N-methyl/N-ethyl adjacent to an activating group) is 1. The largest absolute Gasteiger partial charge is 0.399 e. The quantitative estimate of drug-likeness (QED) is 0.447. The first kappa shape index (κ1) is 20.9. The normalized spacial score (nSPS) is 12.2. The second-order valence-electron chi connectivity index (χ2n) is 7.16. The van der Waals surface area contributed by atoms with Crippen molar-refractivity contribution in [1.29, 1.82) is 0 Å². The Balaban J connectivity index is 2.45. The average Bonchev–Trinajstić information content (AvgIpc) is 2.54. The summed E-state index contributed by atoms with van der Waals surface area (Å²) in [5.74, 6) is 0. The molecular formula is C22H35N3. The lowest BCUT2D eigenvalue weighted by Gasteiger charge is -2.20. The molecule has 1 aromatic rings. The molecule has 0 aliphatic carbocycles. The minimum absolute atomic E-state index is 0.741. The molecule has 0 amide bonds. The maximum Gasteiger partial charge on any atom is 0.0620 e. The number of nitrogens with zero attached hydrogens (tertiary/aromatic N) is 1. The van der Waals surface area contributed by atoms with E-state index >= 15 is 0 Å². The van der Waals surface area contributed by atoms with Crippen molar-refractivity contribution in [2.24, 2.45) is 0 Å². The first-order valence-corrected chi connectivity index (χ1v) is 9.10. The topological polar surface area (TPSA) is 55.3 Å². The second kappa shape index (κ2) is 10.7. The van der Waals surface area contributed by atoms with E-state index in [0.29, 0.717) is 0 Å². The van der Waals surface area contributed by atoms with E-state index in [4.69, 9.17) is 11.5 Å². The average molecular weight is 342 g/mol. The van der Waals surface area contributed by atoms with E-state index in [2.05, 4.69) is 50.8 Å². The smallest absolute Gasteiger partial charge is 0.0620 e. The molecule has 0 aromatic heterocycles. The molecule has 0 aliphatic heterocycles. The van der Waals surface area contributed by atoms with Gasteiger partial charge in [-0.2, -0.15) is 0 Å². The highest BCUT2D eigenvalue weighted by atomic mass is 15.1. The third kappa shape index (κ3) is 8.48. The van der Waals surface area contributed by atoms with E-state index in [1.54, 1.807) is 0 Å². The fourth-order valence-corrected chi connectivity index (χ4v) is 2.62. The standard InChI is InChI=1S/C22H35N3/c1-17(2)8-6-9-18(3)10-7-11-19(4)14-15-25(5)22-16-20(23)12-13-21(22)24/h8,10,12-14,16H,6-7,9,11,15,23-24H2,1-5H3/b18-10+,19-14+. The molecule has 0 radical (unpaired) electrons. The number of hydrogen-bond acceptors (Lipinski definition) is 3. The van der Waals surface area contributed by atoms with E-state index in [9.17, 15) is 0 Å². The van der Waals surface area contributed by atoms with Gasteiger partial charge >= 0.3 is 0 Å². The molecule has 0 aliphatic rings. The third-order valence-corrected chi connectivity index (χ3v) is 4.30. The summed E-state index contributed by atoms with van der Waals surface area (Å²) in [6, 6.07) is 5.62. The lowest BCUT2D eigenvalue weighted by Crippen LogP contribution is -2.18. The Kier molecular flexibility index (Phi) is 8.90.